The molecule has 0 aliphatic carbocycles. The number of carbonyl (C=O) groups is 2. The molecular weight excluding hydrogens is 1000 g/mol. The Morgan fingerprint density at radius 2 is 1.26 bits per heavy atom. The van der Waals surface area contributed by atoms with E-state index in [0.717, 1.165) is 81.4 Å². The van der Waals surface area contributed by atoms with E-state index in [1.54, 1.807) is 30.4 Å². The fourth-order valence-corrected chi connectivity index (χ4v) is 9.67. The third-order valence-electron chi connectivity index (χ3n) is 11.8. The van der Waals surface area contributed by atoms with Gasteiger partial charge in [-0.3, -0.25) is 23.2 Å². The lowest BCUT2D eigenvalue weighted by Gasteiger charge is -2.21. The Balaban J connectivity index is 1.86. The largest absolute Gasteiger partial charge is 0.481 e. The van der Waals surface area contributed by atoms with Crippen molar-refractivity contribution in [3.63, 3.8) is 0 Å². The lowest BCUT2D eigenvalue weighted by Crippen LogP contribution is -2.36. The van der Waals surface area contributed by atoms with Crippen LogP contribution in [-0.2, 0) is 46.3 Å². The quantitative estimate of drug-likeness (QED) is 0.0105. The molecule has 1 fully saturated rings. The predicted octanol–water partition coefficient (Wildman–Crippen LogP) is 9.06. The molecule has 22 heteroatoms. The van der Waals surface area contributed by atoms with Crippen LogP contribution < -0.4 is 11.4 Å². The molecule has 0 spiro atoms. The second kappa shape index (κ2) is 39.7. The number of nitrogen functional groups attached to an aromatic ring is 1. The van der Waals surface area contributed by atoms with Gasteiger partial charge in [-0.15, -0.1) is 0 Å². The zero-order valence-corrected chi connectivity index (χ0v) is 45.4. The van der Waals surface area contributed by atoms with E-state index in [9.17, 15) is 53.7 Å². The minimum Gasteiger partial charge on any atom is -0.462 e. The molecule has 1 aromatic rings. The summed E-state index contributed by atoms with van der Waals surface area (Å²) < 4.78 is 56.6. The van der Waals surface area contributed by atoms with Gasteiger partial charge >= 0.3 is 33.3 Å². The van der Waals surface area contributed by atoms with Crippen LogP contribution in [0.15, 0.2) is 77.8 Å². The summed E-state index contributed by atoms with van der Waals surface area (Å²) in [7, 11) is -11.0. The first-order chi connectivity index (χ1) is 35.5. The molecule has 0 radical (unpaired) electrons. The van der Waals surface area contributed by atoms with Crippen molar-refractivity contribution in [3.8, 4) is 0 Å². The number of aliphatic hydroxyl groups excluding tert-OH is 4. The fraction of sp³-hybridized carbons (Fsp3) is 0.692. The molecule has 20 nitrogen and oxygen atoms in total. The van der Waals surface area contributed by atoms with E-state index in [2.05, 4.69) is 41.4 Å². The standard InChI is InChI=1S/C52H87N3O17P2/c1-3-5-7-9-11-12-13-14-15-16-17-18-19-20-21-23-29-35-47(58)67-39-44(70-48(59)36-30-34-43(57)33-28-25-24-27-32-42(56)31-26-22-10-8-6-4-2)40-68-73(63,64)72-74(65,66)69-41-45-49(60)50(61)51(71-45)55-38-37-46(53)54-52(55)62/h14-15,22,24-28,32-33,37-38,42-45,49-51,56-57,60-61H,3-13,16-21,23,29-31,34-36,39-41H2,1-2H3,(H,63,64)(H,65,66)(H2,53,54,62)/b15-14-,25-24+,26-22-,32-27+,33-28-/t42-,43-,44+,45+,49+,50+,51+/m0/s1. The highest BCUT2D eigenvalue weighted by Crippen LogP contribution is 2.60. The molecule has 2 heterocycles. The van der Waals surface area contributed by atoms with Gasteiger partial charge in [0.05, 0.1) is 25.4 Å². The van der Waals surface area contributed by atoms with Gasteiger partial charge in [0.15, 0.2) is 12.3 Å². The molecule has 0 amide bonds. The molecule has 1 aliphatic rings. The molecule has 1 aliphatic heterocycles. The van der Waals surface area contributed by atoms with Crippen molar-refractivity contribution >= 4 is 33.4 Å². The topological polar surface area (TPSA) is 306 Å². The average Bonchev–Trinajstić information content (AvgIpc) is 3.63. The Hall–Kier alpha value is -3.62. The number of phosphoric ester groups is 2. The molecule has 1 aromatic heterocycles. The van der Waals surface area contributed by atoms with E-state index in [1.807, 2.05) is 6.08 Å². The van der Waals surface area contributed by atoms with Gasteiger partial charge in [-0.1, -0.05) is 152 Å². The smallest absolute Gasteiger partial charge is 0.462 e. The first-order valence-corrected chi connectivity index (χ1v) is 29.5. The Labute approximate surface area is 438 Å². The number of aliphatic hydroxyl groups is 4. The number of unbranched alkanes of at least 4 members (excludes halogenated alkanes) is 16. The van der Waals surface area contributed by atoms with Crippen LogP contribution in [0.4, 0.5) is 5.82 Å². The zero-order chi connectivity index (χ0) is 54.5. The van der Waals surface area contributed by atoms with E-state index in [4.69, 9.17) is 29.0 Å². The van der Waals surface area contributed by atoms with Crippen LogP contribution >= 0.6 is 15.6 Å². The van der Waals surface area contributed by atoms with Crippen LogP contribution in [0.2, 0.25) is 0 Å². The van der Waals surface area contributed by atoms with Crippen LogP contribution in [0.1, 0.15) is 174 Å². The van der Waals surface area contributed by atoms with Gasteiger partial charge in [0.25, 0.3) is 0 Å². The molecule has 8 N–H and O–H groups in total. The monoisotopic (exact) mass is 1090 g/mol. The van der Waals surface area contributed by atoms with E-state index in [1.165, 1.54) is 57.1 Å². The lowest BCUT2D eigenvalue weighted by molar-refractivity contribution is -0.161. The summed E-state index contributed by atoms with van der Waals surface area (Å²) in [6.45, 7) is 1.86. The summed E-state index contributed by atoms with van der Waals surface area (Å²) in [6.07, 6.45) is 32.0. The number of rotatable bonds is 43. The molecule has 422 valence electrons. The van der Waals surface area contributed by atoms with E-state index in [-0.39, 0.29) is 31.5 Å². The minimum absolute atomic E-state index is 0.0675. The summed E-state index contributed by atoms with van der Waals surface area (Å²) in [4.78, 5) is 62.0. The molecule has 0 aromatic carbocycles. The van der Waals surface area contributed by atoms with Crippen molar-refractivity contribution in [2.75, 3.05) is 25.6 Å². The molecular formula is C52H87N3O17P2. The van der Waals surface area contributed by atoms with Crippen LogP contribution in [0.25, 0.3) is 0 Å². The number of hydrogen-bond donors (Lipinski definition) is 7. The summed E-state index contributed by atoms with van der Waals surface area (Å²) in [5, 5.41) is 41.4. The van der Waals surface area contributed by atoms with E-state index in [0.29, 0.717) is 12.8 Å². The third kappa shape index (κ3) is 32.1. The van der Waals surface area contributed by atoms with Crippen molar-refractivity contribution in [3.05, 3.63) is 83.5 Å². The molecule has 9 atom stereocenters. The Morgan fingerprint density at radius 3 is 1.89 bits per heavy atom. The molecule has 2 rings (SSSR count). The summed E-state index contributed by atoms with van der Waals surface area (Å²) in [5.74, 6) is -1.56. The fourth-order valence-electron chi connectivity index (χ4n) is 7.56. The minimum atomic E-state index is -5.49. The van der Waals surface area contributed by atoms with Crippen molar-refractivity contribution in [1.29, 1.82) is 0 Å². The van der Waals surface area contributed by atoms with Crippen LogP contribution in [0.5, 0.6) is 0 Å². The molecule has 74 heavy (non-hydrogen) atoms. The number of carbonyl (C=O) groups excluding carboxylic acids is 2. The highest BCUT2D eigenvalue weighted by Gasteiger charge is 2.46. The number of phosphoric acid groups is 2. The summed E-state index contributed by atoms with van der Waals surface area (Å²) >= 11 is 0. The number of nitrogens with two attached hydrogens (primary N) is 1. The first-order valence-electron chi connectivity index (χ1n) is 26.5. The van der Waals surface area contributed by atoms with Crippen molar-refractivity contribution in [2.24, 2.45) is 0 Å². The Kier molecular flexibility index (Phi) is 35.7. The maximum atomic E-state index is 12.9. The first kappa shape index (κ1) is 66.5. The molecule has 2 unspecified atom stereocenters. The maximum Gasteiger partial charge on any atom is 0.481 e. The average molecular weight is 1090 g/mol. The van der Waals surface area contributed by atoms with Gasteiger partial charge < -0.3 is 50.2 Å². The van der Waals surface area contributed by atoms with Gasteiger partial charge in [0.1, 0.15) is 30.7 Å². The number of hydrogen-bond acceptors (Lipinski definition) is 17. The van der Waals surface area contributed by atoms with Crippen molar-refractivity contribution in [1.82, 2.24) is 9.55 Å². The van der Waals surface area contributed by atoms with Gasteiger partial charge in [-0.2, -0.15) is 9.29 Å². The van der Waals surface area contributed by atoms with Crippen LogP contribution in [0, 0.1) is 0 Å². The Morgan fingerprint density at radius 1 is 0.716 bits per heavy atom. The Bertz CT molecular complexity index is 2010. The van der Waals surface area contributed by atoms with Crippen molar-refractivity contribution < 1.29 is 76.5 Å². The number of allylic oxidation sites excluding steroid dienone is 7. The SMILES string of the molecule is CCCCC/C=C\C[C@H](O)/C=C/C=C/C=C\[C@H](O)CCCC(=O)O[C@H](COC(=O)CCCCCCCCC/C=C\CCCCCCCC)COP(=O)(O)OP(=O)(O)OC[C@H]1O[C@@H](n2ccc(N)nc2=O)[C@H](O)[C@@H]1O. The second-order valence-corrected chi connectivity index (χ2v) is 21.5. The number of nitrogens with zero attached hydrogens (tertiary/aromatic N) is 2. The summed E-state index contributed by atoms with van der Waals surface area (Å²) in [5.41, 5.74) is 4.56. The van der Waals surface area contributed by atoms with Gasteiger partial charge in [-0.05, 0) is 70.3 Å². The van der Waals surface area contributed by atoms with Crippen molar-refractivity contribution in [2.45, 2.75) is 211 Å². The third-order valence-corrected chi connectivity index (χ3v) is 14.4. The van der Waals surface area contributed by atoms with Crippen LogP contribution in [0.3, 0.4) is 0 Å². The van der Waals surface area contributed by atoms with Gasteiger partial charge in [0.2, 0.25) is 0 Å². The van der Waals surface area contributed by atoms with E-state index < -0.39 is 95.9 Å². The predicted molar refractivity (Wildman–Crippen MR) is 282 cm³/mol. The zero-order valence-electron chi connectivity index (χ0n) is 43.6. The molecule has 0 bridgehead atoms. The highest BCUT2D eigenvalue weighted by atomic mass is 31.3. The normalized spacial score (nSPS) is 20.2. The lowest BCUT2D eigenvalue weighted by atomic mass is 10.1. The molecule has 0 saturated carbocycles. The molecule has 1 saturated heterocycles. The maximum absolute atomic E-state index is 12.9. The van der Waals surface area contributed by atoms with Gasteiger partial charge in [0, 0.05) is 19.0 Å². The number of ether oxygens (including phenoxy) is 3. The number of anilines is 1. The second-order valence-electron chi connectivity index (χ2n) is 18.4. The van der Waals surface area contributed by atoms with Crippen LogP contribution in [-0.4, -0.2) is 108 Å². The number of esters is 2. The van der Waals surface area contributed by atoms with E-state index >= 15 is 0 Å². The summed E-state index contributed by atoms with van der Waals surface area (Å²) in [6, 6.07) is 1.23. The highest BCUT2D eigenvalue weighted by molar-refractivity contribution is 7.61. The van der Waals surface area contributed by atoms with Gasteiger partial charge in [-0.25, -0.2) is 13.9 Å². The number of aromatic nitrogens is 2.